The average molecular weight is 372 g/mol. The van der Waals surface area contributed by atoms with E-state index in [1.54, 1.807) is 24.3 Å². The lowest BCUT2D eigenvalue weighted by molar-refractivity contribution is -0.121. The van der Waals surface area contributed by atoms with Gasteiger partial charge in [-0.2, -0.15) is 0 Å². The van der Waals surface area contributed by atoms with E-state index in [2.05, 4.69) is 34.1 Å². The summed E-state index contributed by atoms with van der Waals surface area (Å²) in [6, 6.07) is 13.0. The predicted octanol–water partition coefficient (Wildman–Crippen LogP) is 2.77. The van der Waals surface area contributed by atoms with Crippen molar-refractivity contribution < 1.29 is 9.59 Å². The molecule has 0 aliphatic carbocycles. The predicted molar refractivity (Wildman–Crippen MR) is 102 cm³/mol. The fraction of sp³-hybridized carbons (Fsp3) is 0.300. The molecule has 6 heteroatoms. The Morgan fingerprint density at radius 3 is 2.58 bits per heavy atom. The molecule has 0 radical (unpaired) electrons. The van der Waals surface area contributed by atoms with Gasteiger partial charge in [0.25, 0.3) is 5.91 Å². The Labute approximate surface area is 158 Å². The smallest absolute Gasteiger partial charge is 0.251 e. The topological polar surface area (TPSA) is 70.2 Å². The second kappa shape index (κ2) is 8.83. The minimum absolute atomic E-state index is 0.00985. The van der Waals surface area contributed by atoms with Crippen LogP contribution in [0.4, 0.5) is 0 Å². The lowest BCUT2D eigenvalue weighted by atomic mass is 10.1. The molecule has 26 heavy (non-hydrogen) atoms. The molecule has 1 aliphatic heterocycles. The Morgan fingerprint density at radius 2 is 1.77 bits per heavy atom. The van der Waals surface area contributed by atoms with E-state index in [0.29, 0.717) is 36.5 Å². The van der Waals surface area contributed by atoms with Crippen molar-refractivity contribution >= 4 is 23.4 Å². The van der Waals surface area contributed by atoms with Crippen LogP contribution in [0.1, 0.15) is 39.9 Å². The summed E-state index contributed by atoms with van der Waals surface area (Å²) >= 11 is 5.80. The number of benzene rings is 2. The second-order valence-corrected chi connectivity index (χ2v) is 6.79. The minimum Gasteiger partial charge on any atom is -0.352 e. The van der Waals surface area contributed by atoms with Gasteiger partial charge in [-0.05, 0) is 47.4 Å². The van der Waals surface area contributed by atoms with Crippen LogP contribution >= 0.6 is 11.6 Å². The van der Waals surface area contributed by atoms with Gasteiger partial charge in [0.15, 0.2) is 0 Å². The largest absolute Gasteiger partial charge is 0.352 e. The molecule has 3 rings (SSSR count). The van der Waals surface area contributed by atoms with Gasteiger partial charge in [0.05, 0.1) is 0 Å². The van der Waals surface area contributed by atoms with Gasteiger partial charge in [-0.3, -0.25) is 9.59 Å². The lowest BCUT2D eigenvalue weighted by Gasteiger charge is -2.08. The fourth-order valence-corrected chi connectivity index (χ4v) is 3.03. The van der Waals surface area contributed by atoms with Crippen molar-refractivity contribution in [2.75, 3.05) is 6.54 Å². The Balaban J connectivity index is 1.34. The first kappa shape index (κ1) is 18.4. The van der Waals surface area contributed by atoms with Gasteiger partial charge < -0.3 is 16.0 Å². The molecule has 0 atom stereocenters. The number of halogens is 1. The van der Waals surface area contributed by atoms with Gasteiger partial charge in [0.2, 0.25) is 5.91 Å². The molecule has 3 N–H and O–H groups in total. The van der Waals surface area contributed by atoms with E-state index in [0.717, 1.165) is 18.7 Å². The van der Waals surface area contributed by atoms with Crippen LogP contribution in [0.3, 0.4) is 0 Å². The van der Waals surface area contributed by atoms with E-state index in [1.807, 2.05) is 0 Å². The zero-order chi connectivity index (χ0) is 18.4. The van der Waals surface area contributed by atoms with E-state index in [9.17, 15) is 9.59 Å². The summed E-state index contributed by atoms with van der Waals surface area (Å²) < 4.78 is 0. The van der Waals surface area contributed by atoms with Crippen LogP contribution in [0.2, 0.25) is 5.02 Å². The number of hydrogen-bond acceptors (Lipinski definition) is 3. The number of carbonyl (C=O) groups is 2. The summed E-state index contributed by atoms with van der Waals surface area (Å²) in [6.07, 6.45) is 0.979. The highest BCUT2D eigenvalue weighted by Crippen LogP contribution is 2.16. The molecule has 0 unspecified atom stereocenters. The number of nitrogens with one attached hydrogen (secondary N) is 3. The van der Waals surface area contributed by atoms with Crippen LogP contribution in [-0.4, -0.2) is 18.4 Å². The molecule has 0 saturated heterocycles. The summed E-state index contributed by atoms with van der Waals surface area (Å²) in [5.41, 5.74) is 4.31. The molecule has 2 aromatic rings. The molecular weight excluding hydrogens is 350 g/mol. The van der Waals surface area contributed by atoms with Gasteiger partial charge >= 0.3 is 0 Å². The summed E-state index contributed by atoms with van der Waals surface area (Å²) in [4.78, 5) is 23.9. The van der Waals surface area contributed by atoms with Crippen LogP contribution in [0, 0.1) is 0 Å². The van der Waals surface area contributed by atoms with Gasteiger partial charge in [-0.25, -0.2) is 0 Å². The molecule has 2 amide bonds. The molecule has 136 valence electrons. The van der Waals surface area contributed by atoms with E-state index < -0.39 is 0 Å². The van der Waals surface area contributed by atoms with E-state index in [-0.39, 0.29) is 11.8 Å². The third-order valence-electron chi connectivity index (χ3n) is 4.36. The van der Waals surface area contributed by atoms with Crippen LogP contribution in [0.5, 0.6) is 0 Å². The maximum absolute atomic E-state index is 12.0. The molecule has 0 aromatic heterocycles. The number of hydrogen-bond donors (Lipinski definition) is 3. The summed E-state index contributed by atoms with van der Waals surface area (Å²) in [5.74, 6) is -0.168. The van der Waals surface area contributed by atoms with Crippen LogP contribution in [0.15, 0.2) is 42.5 Å². The van der Waals surface area contributed by atoms with Crippen molar-refractivity contribution in [3.8, 4) is 0 Å². The number of amides is 2. The first-order chi connectivity index (χ1) is 12.6. The van der Waals surface area contributed by atoms with Crippen molar-refractivity contribution in [1.82, 2.24) is 16.0 Å². The number of rotatable bonds is 7. The standard InChI is InChI=1S/C20H22ClN3O2/c21-18-7-5-15(6-8-18)20(26)23-9-1-2-19(25)24-11-14-3-4-16-12-22-13-17(16)10-14/h3-8,10,22H,1-2,9,11-13H2,(H,23,26)(H,24,25). The molecule has 0 bridgehead atoms. The highest BCUT2D eigenvalue weighted by atomic mass is 35.5. The van der Waals surface area contributed by atoms with Crippen molar-refractivity contribution in [2.45, 2.75) is 32.5 Å². The molecule has 0 spiro atoms. The zero-order valence-corrected chi connectivity index (χ0v) is 15.2. The summed E-state index contributed by atoms with van der Waals surface area (Å²) in [6.45, 7) is 2.80. The Bertz CT molecular complexity index is 790. The van der Waals surface area contributed by atoms with Crippen molar-refractivity contribution in [3.05, 3.63) is 69.7 Å². The number of carbonyl (C=O) groups excluding carboxylic acids is 2. The SMILES string of the molecule is O=C(CCCNC(=O)c1ccc(Cl)cc1)NCc1ccc2c(c1)CNC2. The maximum atomic E-state index is 12.0. The Kier molecular flexibility index (Phi) is 6.26. The quantitative estimate of drug-likeness (QED) is 0.655. The molecule has 2 aromatic carbocycles. The highest BCUT2D eigenvalue weighted by molar-refractivity contribution is 6.30. The summed E-state index contributed by atoms with van der Waals surface area (Å²) in [5, 5.41) is 9.64. The lowest BCUT2D eigenvalue weighted by Crippen LogP contribution is -2.27. The van der Waals surface area contributed by atoms with Crippen molar-refractivity contribution in [2.24, 2.45) is 0 Å². The Hall–Kier alpha value is -2.37. The zero-order valence-electron chi connectivity index (χ0n) is 14.5. The van der Waals surface area contributed by atoms with E-state index in [1.165, 1.54) is 11.1 Å². The van der Waals surface area contributed by atoms with Gasteiger partial charge in [0, 0.05) is 43.2 Å². The molecule has 1 aliphatic rings. The minimum atomic E-state index is -0.158. The molecule has 0 fully saturated rings. The van der Waals surface area contributed by atoms with Gasteiger partial charge in [-0.15, -0.1) is 0 Å². The van der Waals surface area contributed by atoms with Gasteiger partial charge in [-0.1, -0.05) is 29.8 Å². The summed E-state index contributed by atoms with van der Waals surface area (Å²) in [7, 11) is 0. The van der Waals surface area contributed by atoms with Crippen molar-refractivity contribution in [3.63, 3.8) is 0 Å². The number of fused-ring (bicyclic) bond motifs is 1. The third kappa shape index (κ3) is 5.07. The molecule has 5 nitrogen and oxygen atoms in total. The van der Waals surface area contributed by atoms with Crippen LogP contribution in [-0.2, 0) is 24.4 Å². The molecule has 1 heterocycles. The third-order valence-corrected chi connectivity index (χ3v) is 4.62. The first-order valence-corrected chi connectivity index (χ1v) is 9.11. The maximum Gasteiger partial charge on any atom is 0.251 e. The Morgan fingerprint density at radius 1 is 1.00 bits per heavy atom. The second-order valence-electron chi connectivity index (χ2n) is 6.35. The van der Waals surface area contributed by atoms with E-state index >= 15 is 0 Å². The average Bonchev–Trinajstić information content (AvgIpc) is 3.11. The molecular formula is C20H22ClN3O2. The van der Waals surface area contributed by atoms with Crippen LogP contribution < -0.4 is 16.0 Å². The monoisotopic (exact) mass is 371 g/mol. The van der Waals surface area contributed by atoms with Crippen molar-refractivity contribution in [1.29, 1.82) is 0 Å². The van der Waals surface area contributed by atoms with Gasteiger partial charge in [0.1, 0.15) is 0 Å². The first-order valence-electron chi connectivity index (χ1n) is 8.74. The fourth-order valence-electron chi connectivity index (χ4n) is 2.90. The highest BCUT2D eigenvalue weighted by Gasteiger charge is 2.10. The van der Waals surface area contributed by atoms with Crippen LogP contribution in [0.25, 0.3) is 0 Å². The normalized spacial score (nSPS) is 12.5. The molecule has 0 saturated carbocycles. The van der Waals surface area contributed by atoms with E-state index in [4.69, 9.17) is 11.6 Å².